The Hall–Kier alpha value is 0.169. The maximum atomic E-state index is 12.4. The van der Waals surface area contributed by atoms with Crippen LogP contribution in [0.25, 0.3) is 0 Å². The second kappa shape index (κ2) is 9.54. The topological polar surface area (TPSA) is 37.3 Å². The first-order chi connectivity index (χ1) is 13.4. The Bertz CT molecular complexity index is 561. The van der Waals surface area contributed by atoms with Gasteiger partial charge in [0.15, 0.2) is 0 Å². The van der Waals surface area contributed by atoms with E-state index in [2.05, 4.69) is 24.9 Å². The van der Waals surface area contributed by atoms with Crippen LogP contribution >= 0.6 is 0 Å². The summed E-state index contributed by atoms with van der Waals surface area (Å²) in [5.41, 5.74) is 1.11. The minimum absolute atomic E-state index is 0.0463. The summed E-state index contributed by atoms with van der Waals surface area (Å²) in [4.78, 5) is 12.4. The third-order valence-electron chi connectivity index (χ3n) is 8.61. The number of ketones is 1. The number of carbonyl (C=O) groups is 1. The number of hydrogen-bond acceptors (Lipinski definition) is 2. The van der Waals surface area contributed by atoms with Crippen molar-refractivity contribution in [3.63, 3.8) is 0 Å². The van der Waals surface area contributed by atoms with E-state index in [0.29, 0.717) is 18.1 Å². The second-order valence-corrected chi connectivity index (χ2v) is 23.3. The van der Waals surface area contributed by atoms with Gasteiger partial charge in [0.25, 0.3) is 0 Å². The van der Waals surface area contributed by atoms with Crippen molar-refractivity contribution in [3.05, 3.63) is 9.67 Å². The van der Waals surface area contributed by atoms with Gasteiger partial charge in [0, 0.05) is 0 Å². The first-order valence-electron chi connectivity index (χ1n) is 12.4. The Kier molecular flexibility index (Phi) is 7.78. The van der Waals surface area contributed by atoms with Crippen molar-refractivity contribution < 1.29 is 9.90 Å². The number of Topliss-reactive ketones (excluding diaryl/α,β-unsaturated/α-hetero) is 1. The molecule has 3 aliphatic carbocycles. The van der Waals surface area contributed by atoms with Crippen LogP contribution in [0.3, 0.4) is 0 Å². The first-order valence-corrected chi connectivity index (χ1v) is 20.1. The molecule has 0 aromatic heterocycles. The van der Waals surface area contributed by atoms with E-state index in [-0.39, 0.29) is 5.41 Å². The minimum atomic E-state index is -2.40. The molecule has 0 aromatic carbocycles. The Morgan fingerprint density at radius 2 is 1.61 bits per heavy atom. The molecule has 1 N–H and O–H groups in total. The van der Waals surface area contributed by atoms with Crippen LogP contribution in [0.15, 0.2) is 9.67 Å². The molecule has 28 heavy (non-hydrogen) atoms. The fraction of sp³-hybridized carbons (Fsp3) is 0.880. The van der Waals surface area contributed by atoms with Gasteiger partial charge in [0.2, 0.25) is 0 Å². The first kappa shape index (κ1) is 22.8. The van der Waals surface area contributed by atoms with E-state index in [1.54, 1.807) is 5.57 Å². The number of rotatable bonds is 10. The molecule has 0 aromatic rings. The van der Waals surface area contributed by atoms with Crippen molar-refractivity contribution in [2.75, 3.05) is 0 Å². The average Bonchev–Trinajstić information content (AvgIpc) is 3.11. The van der Waals surface area contributed by atoms with Gasteiger partial charge in [-0.1, -0.05) is 0 Å². The zero-order valence-corrected chi connectivity index (χ0v) is 21.7. The summed E-state index contributed by atoms with van der Waals surface area (Å²) in [6.07, 6.45) is 14.6. The van der Waals surface area contributed by atoms with Gasteiger partial charge in [-0.05, 0) is 0 Å². The fourth-order valence-corrected chi connectivity index (χ4v) is 22.6. The van der Waals surface area contributed by atoms with Crippen LogP contribution in [-0.2, 0) is 4.79 Å². The molecular weight excluding hydrogens is 451 g/mol. The predicted molar refractivity (Wildman–Crippen MR) is 121 cm³/mol. The molecule has 3 unspecified atom stereocenters. The molecule has 0 bridgehead atoms. The van der Waals surface area contributed by atoms with Crippen molar-refractivity contribution in [2.24, 2.45) is 11.3 Å². The van der Waals surface area contributed by atoms with Crippen LogP contribution in [-0.4, -0.2) is 34.9 Å². The number of carbonyl (C=O) groups excluding carboxylic acids is 1. The summed E-state index contributed by atoms with van der Waals surface area (Å²) < 4.78 is 7.32. The third kappa shape index (κ3) is 4.29. The summed E-state index contributed by atoms with van der Waals surface area (Å²) in [5.74, 6) is 0.830. The second-order valence-electron chi connectivity index (χ2n) is 10.4. The normalized spacial score (nSPS) is 34.1. The molecule has 3 atom stereocenters. The van der Waals surface area contributed by atoms with E-state index in [1.807, 2.05) is 0 Å². The van der Waals surface area contributed by atoms with E-state index in [9.17, 15) is 9.90 Å². The summed E-state index contributed by atoms with van der Waals surface area (Å²) >= 11 is -2.40. The Morgan fingerprint density at radius 1 is 1.00 bits per heavy atom. The summed E-state index contributed by atoms with van der Waals surface area (Å²) in [6.45, 7) is 7.00. The van der Waals surface area contributed by atoms with Crippen molar-refractivity contribution in [1.29, 1.82) is 0 Å². The van der Waals surface area contributed by atoms with Gasteiger partial charge in [-0.2, -0.15) is 0 Å². The maximum absolute atomic E-state index is 12.4. The fourth-order valence-electron chi connectivity index (χ4n) is 7.03. The Balaban J connectivity index is 1.96. The number of hydrogen-bond donors (Lipinski definition) is 1. The van der Waals surface area contributed by atoms with Crippen LogP contribution < -0.4 is 0 Å². The monoisotopic (exact) mass is 496 g/mol. The standard InChI is InChI=1S/C13H17O2.3C4H9.Sn/c1-9-8-13(15)5-2-4-12(13)6-3-10(14)7-11(9)12;3*1-3-4-2;/h1,11,15H,2-8H2;3*1,3-4H2,2H3;. The van der Waals surface area contributed by atoms with Crippen molar-refractivity contribution in [1.82, 2.24) is 0 Å². The molecule has 160 valence electrons. The zero-order chi connectivity index (χ0) is 20.3. The molecule has 3 saturated carbocycles. The van der Waals surface area contributed by atoms with E-state index >= 15 is 0 Å². The van der Waals surface area contributed by atoms with Gasteiger partial charge in [-0.25, -0.2) is 0 Å². The molecule has 1 spiro atoms. The molecule has 3 rings (SSSR count). The average molecular weight is 495 g/mol. The Morgan fingerprint density at radius 3 is 2.18 bits per heavy atom. The molecule has 0 aliphatic heterocycles. The van der Waals surface area contributed by atoms with Crippen LogP contribution in [0.1, 0.15) is 104 Å². The van der Waals surface area contributed by atoms with Crippen molar-refractivity contribution in [3.8, 4) is 0 Å². The summed E-state index contributed by atoms with van der Waals surface area (Å²) in [7, 11) is 0. The molecule has 2 nitrogen and oxygen atoms in total. The van der Waals surface area contributed by atoms with Crippen LogP contribution in [0.4, 0.5) is 0 Å². The van der Waals surface area contributed by atoms with Crippen molar-refractivity contribution in [2.45, 2.75) is 123 Å². The van der Waals surface area contributed by atoms with Gasteiger partial charge >= 0.3 is 178 Å². The Labute approximate surface area is 177 Å². The zero-order valence-electron chi connectivity index (χ0n) is 18.8. The van der Waals surface area contributed by atoms with Gasteiger partial charge in [-0.15, -0.1) is 0 Å². The molecule has 0 saturated heterocycles. The molecule has 0 heterocycles. The van der Waals surface area contributed by atoms with Crippen LogP contribution in [0.5, 0.6) is 0 Å². The van der Waals surface area contributed by atoms with Crippen LogP contribution in [0.2, 0.25) is 13.3 Å². The molecule has 0 amide bonds. The predicted octanol–water partition coefficient (Wildman–Crippen LogP) is 6.98. The molecule has 0 radical (unpaired) electrons. The molecule has 3 heteroatoms. The van der Waals surface area contributed by atoms with E-state index < -0.39 is 24.0 Å². The quantitative estimate of drug-likeness (QED) is 0.332. The van der Waals surface area contributed by atoms with Gasteiger partial charge < -0.3 is 0 Å². The molecule has 3 aliphatic rings. The number of unbranched alkanes of at least 4 members (excludes halogenated alkanes) is 3. The van der Waals surface area contributed by atoms with E-state index in [1.165, 1.54) is 51.8 Å². The van der Waals surface area contributed by atoms with Gasteiger partial charge in [0.1, 0.15) is 0 Å². The summed E-state index contributed by atoms with van der Waals surface area (Å²) in [5, 5.41) is 11.7. The van der Waals surface area contributed by atoms with Gasteiger partial charge in [-0.3, -0.25) is 0 Å². The van der Waals surface area contributed by atoms with Gasteiger partial charge in [0.05, 0.1) is 0 Å². The van der Waals surface area contributed by atoms with Crippen molar-refractivity contribution >= 4 is 24.2 Å². The summed E-state index contributed by atoms with van der Waals surface area (Å²) in [6, 6.07) is 0. The SMILES string of the molecule is CCC[CH2][Sn](/[CH]=C1\CC2(O)CCCC23CCC(=O)CC13)([CH2]CCC)[CH2]CCC. The molecule has 3 fully saturated rings. The van der Waals surface area contributed by atoms with E-state index in [4.69, 9.17) is 0 Å². The van der Waals surface area contributed by atoms with Crippen LogP contribution in [0, 0.1) is 11.3 Å². The third-order valence-corrected chi connectivity index (χ3v) is 23.0. The van der Waals surface area contributed by atoms with E-state index in [0.717, 1.165) is 38.5 Å². The molecular formula is C25H44O2Sn. The number of aliphatic hydroxyl groups is 1.